The highest BCUT2D eigenvalue weighted by Gasteiger charge is 2.25. The molecule has 1 N–H and O–H groups in total. The molecule has 6 nitrogen and oxygen atoms in total. The number of rotatable bonds is 1. The summed E-state index contributed by atoms with van der Waals surface area (Å²) < 4.78 is 1.59. The Hall–Kier alpha value is -1.85. The smallest absolute Gasteiger partial charge is 0.248 e. The summed E-state index contributed by atoms with van der Waals surface area (Å²) in [4.78, 5) is 23.8. The SMILES string of the molecule is Cn1ccc(N2CC(=O)NCC2=O)n1. The molecule has 6 heteroatoms. The van der Waals surface area contributed by atoms with Crippen LogP contribution >= 0.6 is 0 Å². The fraction of sp³-hybridized carbons (Fsp3) is 0.375. The fourth-order valence-corrected chi connectivity index (χ4v) is 1.31. The van der Waals surface area contributed by atoms with Gasteiger partial charge in [0, 0.05) is 19.3 Å². The third-order valence-electron chi connectivity index (χ3n) is 2.02. The van der Waals surface area contributed by atoms with Crippen molar-refractivity contribution in [2.75, 3.05) is 18.0 Å². The highest BCUT2D eigenvalue weighted by atomic mass is 16.2. The zero-order valence-electron chi connectivity index (χ0n) is 7.73. The lowest BCUT2D eigenvalue weighted by Gasteiger charge is -2.24. The maximum Gasteiger partial charge on any atom is 0.248 e. The highest BCUT2D eigenvalue weighted by Crippen LogP contribution is 2.11. The van der Waals surface area contributed by atoms with Crippen LogP contribution in [0.5, 0.6) is 0 Å². The van der Waals surface area contributed by atoms with Gasteiger partial charge in [-0.1, -0.05) is 0 Å². The van der Waals surface area contributed by atoms with E-state index in [-0.39, 0.29) is 24.9 Å². The summed E-state index contributed by atoms with van der Waals surface area (Å²) in [6, 6.07) is 1.70. The van der Waals surface area contributed by atoms with Crippen LogP contribution in [0.2, 0.25) is 0 Å². The molecule has 0 bridgehead atoms. The summed E-state index contributed by atoms with van der Waals surface area (Å²) >= 11 is 0. The summed E-state index contributed by atoms with van der Waals surface area (Å²) in [6.07, 6.45) is 1.73. The lowest BCUT2D eigenvalue weighted by Crippen LogP contribution is -2.51. The molecule has 2 heterocycles. The van der Waals surface area contributed by atoms with Crippen LogP contribution in [0.3, 0.4) is 0 Å². The average Bonchev–Trinajstić information content (AvgIpc) is 2.56. The number of aromatic nitrogens is 2. The molecule has 14 heavy (non-hydrogen) atoms. The Kier molecular flexibility index (Phi) is 1.95. The first-order valence-corrected chi connectivity index (χ1v) is 4.23. The van der Waals surface area contributed by atoms with E-state index in [0.717, 1.165) is 0 Å². The van der Waals surface area contributed by atoms with Crippen LogP contribution in [-0.2, 0) is 16.6 Å². The third kappa shape index (κ3) is 1.46. The number of aryl methyl sites for hydroxylation is 1. The number of nitrogens with one attached hydrogen (secondary N) is 1. The summed E-state index contributed by atoms with van der Waals surface area (Å²) in [6.45, 7) is 0.102. The minimum absolute atomic E-state index is 0.0510. The van der Waals surface area contributed by atoms with Gasteiger partial charge in [-0.3, -0.25) is 19.2 Å². The maximum absolute atomic E-state index is 11.4. The highest BCUT2D eigenvalue weighted by molar-refractivity contribution is 6.03. The van der Waals surface area contributed by atoms with Gasteiger partial charge in [-0.25, -0.2) is 0 Å². The first kappa shape index (κ1) is 8.74. The van der Waals surface area contributed by atoms with Crippen LogP contribution in [0.15, 0.2) is 12.3 Å². The van der Waals surface area contributed by atoms with E-state index in [0.29, 0.717) is 5.82 Å². The van der Waals surface area contributed by atoms with Crippen molar-refractivity contribution in [3.63, 3.8) is 0 Å². The fourth-order valence-electron chi connectivity index (χ4n) is 1.31. The summed E-state index contributed by atoms with van der Waals surface area (Å²) in [7, 11) is 1.76. The average molecular weight is 194 g/mol. The quantitative estimate of drug-likeness (QED) is 0.616. The minimum Gasteiger partial charge on any atom is -0.345 e. The van der Waals surface area contributed by atoms with Crippen molar-refractivity contribution in [3.05, 3.63) is 12.3 Å². The van der Waals surface area contributed by atoms with Gasteiger partial charge in [0.2, 0.25) is 11.8 Å². The van der Waals surface area contributed by atoms with E-state index in [1.54, 1.807) is 24.0 Å². The molecule has 0 spiro atoms. The van der Waals surface area contributed by atoms with Crippen molar-refractivity contribution in [2.45, 2.75) is 0 Å². The Morgan fingerprint density at radius 1 is 1.50 bits per heavy atom. The summed E-state index contributed by atoms with van der Waals surface area (Å²) in [5, 5.41) is 6.53. The summed E-state index contributed by atoms with van der Waals surface area (Å²) in [5.41, 5.74) is 0. The Morgan fingerprint density at radius 2 is 2.29 bits per heavy atom. The molecule has 1 aliphatic rings. The Morgan fingerprint density at radius 3 is 2.93 bits per heavy atom. The second-order valence-electron chi connectivity index (χ2n) is 3.10. The topological polar surface area (TPSA) is 67.2 Å². The molecule has 1 aromatic heterocycles. The Labute approximate surface area is 80.5 Å². The van der Waals surface area contributed by atoms with Gasteiger partial charge in [-0.15, -0.1) is 0 Å². The zero-order valence-corrected chi connectivity index (χ0v) is 7.73. The third-order valence-corrected chi connectivity index (χ3v) is 2.02. The van der Waals surface area contributed by atoms with Crippen molar-refractivity contribution < 1.29 is 9.59 Å². The number of carbonyl (C=O) groups is 2. The van der Waals surface area contributed by atoms with E-state index in [1.165, 1.54) is 4.90 Å². The Bertz CT molecular complexity index is 384. The second kappa shape index (κ2) is 3.13. The molecule has 1 fully saturated rings. The van der Waals surface area contributed by atoms with Gasteiger partial charge in [0.25, 0.3) is 0 Å². The molecule has 2 amide bonds. The number of anilines is 1. The molecule has 2 rings (SSSR count). The predicted molar refractivity (Wildman–Crippen MR) is 48.6 cm³/mol. The molecule has 0 aromatic carbocycles. The molecular weight excluding hydrogens is 184 g/mol. The minimum atomic E-state index is -0.157. The number of piperazine rings is 1. The van der Waals surface area contributed by atoms with Gasteiger partial charge in [0.15, 0.2) is 5.82 Å². The van der Waals surface area contributed by atoms with Crippen LogP contribution in [0.25, 0.3) is 0 Å². The second-order valence-corrected chi connectivity index (χ2v) is 3.10. The Balaban J connectivity index is 2.24. The summed E-state index contributed by atoms with van der Waals surface area (Å²) in [5.74, 6) is 0.228. The maximum atomic E-state index is 11.4. The number of hydrogen-bond acceptors (Lipinski definition) is 3. The first-order valence-electron chi connectivity index (χ1n) is 4.23. The predicted octanol–water partition coefficient (Wildman–Crippen LogP) is -1.12. The largest absolute Gasteiger partial charge is 0.345 e. The van der Waals surface area contributed by atoms with Gasteiger partial charge in [-0.05, 0) is 0 Å². The molecule has 1 aliphatic heterocycles. The molecule has 0 atom stereocenters. The lowest BCUT2D eigenvalue weighted by molar-refractivity contribution is -0.128. The molecule has 0 aliphatic carbocycles. The number of amides is 2. The van der Waals surface area contributed by atoms with Gasteiger partial charge >= 0.3 is 0 Å². The zero-order chi connectivity index (χ0) is 10.1. The standard InChI is InChI=1S/C8H10N4O2/c1-11-3-2-6(10-11)12-5-7(13)9-4-8(12)14/h2-3H,4-5H2,1H3,(H,9,13). The van der Waals surface area contributed by atoms with Crippen LogP contribution in [0.1, 0.15) is 0 Å². The van der Waals surface area contributed by atoms with E-state index in [1.807, 2.05) is 0 Å². The van der Waals surface area contributed by atoms with E-state index in [4.69, 9.17) is 0 Å². The van der Waals surface area contributed by atoms with E-state index < -0.39 is 0 Å². The number of hydrogen-bond donors (Lipinski definition) is 1. The normalized spacial score (nSPS) is 17.1. The van der Waals surface area contributed by atoms with E-state index in [2.05, 4.69) is 10.4 Å². The van der Waals surface area contributed by atoms with Gasteiger partial charge in [-0.2, -0.15) is 5.10 Å². The van der Waals surface area contributed by atoms with Crippen molar-refractivity contribution in [1.29, 1.82) is 0 Å². The van der Waals surface area contributed by atoms with Crippen LogP contribution < -0.4 is 10.2 Å². The van der Waals surface area contributed by atoms with Gasteiger partial charge < -0.3 is 5.32 Å². The number of carbonyl (C=O) groups excluding carboxylic acids is 2. The number of nitrogens with zero attached hydrogens (tertiary/aromatic N) is 3. The van der Waals surface area contributed by atoms with E-state index in [9.17, 15) is 9.59 Å². The van der Waals surface area contributed by atoms with Crippen molar-refractivity contribution in [2.24, 2.45) is 7.05 Å². The van der Waals surface area contributed by atoms with E-state index >= 15 is 0 Å². The van der Waals surface area contributed by atoms with Crippen molar-refractivity contribution in [3.8, 4) is 0 Å². The van der Waals surface area contributed by atoms with Crippen molar-refractivity contribution >= 4 is 17.6 Å². The van der Waals surface area contributed by atoms with Crippen LogP contribution in [0.4, 0.5) is 5.82 Å². The molecular formula is C8H10N4O2. The van der Waals surface area contributed by atoms with Gasteiger partial charge in [0.1, 0.15) is 6.54 Å². The first-order chi connectivity index (χ1) is 6.66. The van der Waals surface area contributed by atoms with Gasteiger partial charge in [0.05, 0.1) is 6.54 Å². The molecule has 0 saturated carbocycles. The molecule has 74 valence electrons. The lowest BCUT2D eigenvalue weighted by atomic mass is 10.3. The van der Waals surface area contributed by atoms with Crippen molar-refractivity contribution in [1.82, 2.24) is 15.1 Å². The molecule has 0 unspecified atom stereocenters. The van der Waals surface area contributed by atoms with Crippen LogP contribution in [0, 0.1) is 0 Å². The monoisotopic (exact) mass is 194 g/mol. The molecule has 0 radical (unpaired) electrons. The molecule has 1 saturated heterocycles. The van der Waals surface area contributed by atoms with Crippen LogP contribution in [-0.4, -0.2) is 34.7 Å². The molecule has 1 aromatic rings.